The van der Waals surface area contributed by atoms with Crippen molar-refractivity contribution in [2.24, 2.45) is 0 Å². The van der Waals surface area contributed by atoms with Crippen molar-refractivity contribution in [2.75, 3.05) is 11.9 Å². The zero-order valence-electron chi connectivity index (χ0n) is 14.6. The van der Waals surface area contributed by atoms with E-state index in [0.717, 1.165) is 0 Å². The minimum absolute atomic E-state index is 0.106. The standard InChI is InChI=1S/C17H12Cl4F3N3O2/c1-2-27(16(29)17(22,23)24)7-8-4-3-5-9(6-8)25-15(28)13-11(19)10(18)12(20)14(21)26-13/h3-6H,2,7H2,1H3,(H,25,28). The lowest BCUT2D eigenvalue weighted by atomic mass is 10.1. The molecular formula is C17H12Cl4F3N3O2. The Morgan fingerprint density at radius 3 is 2.34 bits per heavy atom. The highest BCUT2D eigenvalue weighted by atomic mass is 35.5. The summed E-state index contributed by atoms with van der Waals surface area (Å²) < 4.78 is 38.0. The van der Waals surface area contributed by atoms with E-state index in [4.69, 9.17) is 46.4 Å². The molecule has 12 heteroatoms. The smallest absolute Gasteiger partial charge is 0.331 e. The van der Waals surface area contributed by atoms with E-state index in [1.54, 1.807) is 0 Å². The van der Waals surface area contributed by atoms with Crippen LogP contribution in [0.15, 0.2) is 24.3 Å². The number of amides is 2. The Bertz CT molecular complexity index is 954. The normalized spacial score (nSPS) is 11.3. The highest BCUT2D eigenvalue weighted by Crippen LogP contribution is 2.36. The summed E-state index contributed by atoms with van der Waals surface area (Å²) in [5.41, 5.74) is 0.329. The summed E-state index contributed by atoms with van der Waals surface area (Å²) in [7, 11) is 0. The van der Waals surface area contributed by atoms with Crippen LogP contribution in [0, 0.1) is 0 Å². The maximum absolute atomic E-state index is 12.7. The molecule has 1 aromatic carbocycles. The Morgan fingerprint density at radius 1 is 1.10 bits per heavy atom. The molecule has 2 aromatic rings. The predicted molar refractivity (Wildman–Crippen MR) is 106 cm³/mol. The van der Waals surface area contributed by atoms with Crippen molar-refractivity contribution in [3.8, 4) is 0 Å². The number of aromatic nitrogens is 1. The number of anilines is 1. The first-order valence-electron chi connectivity index (χ1n) is 7.92. The van der Waals surface area contributed by atoms with E-state index >= 15 is 0 Å². The molecule has 1 aromatic heterocycles. The third-order valence-electron chi connectivity index (χ3n) is 3.67. The van der Waals surface area contributed by atoms with Crippen molar-refractivity contribution < 1.29 is 22.8 Å². The fourth-order valence-electron chi connectivity index (χ4n) is 2.30. The number of nitrogens with zero attached hydrogens (tertiary/aromatic N) is 2. The first kappa shape index (κ1) is 23.5. The lowest BCUT2D eigenvalue weighted by Gasteiger charge is -2.22. The largest absolute Gasteiger partial charge is 0.471 e. The average molecular weight is 489 g/mol. The molecule has 1 N–H and O–H groups in total. The molecule has 5 nitrogen and oxygen atoms in total. The number of alkyl halides is 3. The summed E-state index contributed by atoms with van der Waals surface area (Å²) in [4.78, 5) is 28.3. The second-order valence-electron chi connectivity index (χ2n) is 5.66. The highest BCUT2D eigenvalue weighted by Gasteiger charge is 2.41. The summed E-state index contributed by atoms with van der Waals surface area (Å²) in [6.07, 6.45) is -4.97. The molecule has 0 aliphatic heterocycles. The molecule has 0 spiro atoms. The molecule has 0 saturated heterocycles. The van der Waals surface area contributed by atoms with E-state index in [1.807, 2.05) is 0 Å². The minimum Gasteiger partial charge on any atom is -0.331 e. The fourth-order valence-corrected chi connectivity index (χ4v) is 3.12. The van der Waals surface area contributed by atoms with Crippen LogP contribution in [-0.2, 0) is 11.3 Å². The second-order valence-corrected chi connectivity index (χ2v) is 7.16. The number of hydrogen-bond acceptors (Lipinski definition) is 3. The van der Waals surface area contributed by atoms with E-state index < -0.39 is 18.0 Å². The fraction of sp³-hybridized carbons (Fsp3) is 0.235. The van der Waals surface area contributed by atoms with Gasteiger partial charge in [0, 0.05) is 18.8 Å². The van der Waals surface area contributed by atoms with Crippen molar-refractivity contribution in [2.45, 2.75) is 19.6 Å². The van der Waals surface area contributed by atoms with Crippen LogP contribution in [0.1, 0.15) is 23.0 Å². The van der Waals surface area contributed by atoms with E-state index in [0.29, 0.717) is 10.5 Å². The van der Waals surface area contributed by atoms with Gasteiger partial charge in [0.05, 0.1) is 15.1 Å². The van der Waals surface area contributed by atoms with Gasteiger partial charge in [-0.05, 0) is 24.6 Å². The summed E-state index contributed by atoms with van der Waals surface area (Å²) in [5, 5.41) is 1.82. The summed E-state index contributed by atoms with van der Waals surface area (Å²) in [6.45, 7) is 0.989. The second kappa shape index (κ2) is 9.38. The minimum atomic E-state index is -4.97. The number of carbonyl (C=O) groups excluding carboxylic acids is 2. The van der Waals surface area contributed by atoms with Crippen LogP contribution < -0.4 is 5.32 Å². The molecule has 156 valence electrons. The molecule has 0 aliphatic carbocycles. The van der Waals surface area contributed by atoms with E-state index in [2.05, 4.69) is 10.3 Å². The molecule has 0 unspecified atom stereocenters. The number of rotatable bonds is 5. The molecule has 0 saturated carbocycles. The third-order valence-corrected chi connectivity index (χ3v) is 5.35. The van der Waals surface area contributed by atoms with E-state index in [1.165, 1.54) is 31.2 Å². The molecule has 0 bridgehead atoms. The van der Waals surface area contributed by atoms with Gasteiger partial charge in [-0.2, -0.15) is 13.2 Å². The van der Waals surface area contributed by atoms with Gasteiger partial charge in [0.1, 0.15) is 10.8 Å². The monoisotopic (exact) mass is 487 g/mol. The van der Waals surface area contributed by atoms with Gasteiger partial charge in [0.2, 0.25) is 0 Å². The third kappa shape index (κ3) is 5.66. The van der Waals surface area contributed by atoms with Gasteiger partial charge in [0.25, 0.3) is 5.91 Å². The Kier molecular flexibility index (Phi) is 7.62. The SMILES string of the molecule is CCN(Cc1cccc(NC(=O)c2nc(Cl)c(Cl)c(Cl)c2Cl)c1)C(=O)C(F)(F)F. The molecule has 0 fully saturated rings. The number of hydrogen-bond donors (Lipinski definition) is 1. The molecular weight excluding hydrogens is 477 g/mol. The number of carbonyl (C=O) groups is 2. The first-order valence-corrected chi connectivity index (χ1v) is 9.43. The van der Waals surface area contributed by atoms with Gasteiger partial charge in [-0.15, -0.1) is 0 Å². The van der Waals surface area contributed by atoms with Gasteiger partial charge in [-0.25, -0.2) is 4.98 Å². The van der Waals surface area contributed by atoms with Crippen LogP contribution in [0.2, 0.25) is 20.2 Å². The molecule has 1 heterocycles. The Hall–Kier alpha value is -1.74. The van der Waals surface area contributed by atoms with Crippen LogP contribution >= 0.6 is 46.4 Å². The van der Waals surface area contributed by atoms with Crippen LogP contribution in [0.5, 0.6) is 0 Å². The molecule has 0 atom stereocenters. The Morgan fingerprint density at radius 2 is 1.76 bits per heavy atom. The van der Waals surface area contributed by atoms with Gasteiger partial charge >= 0.3 is 12.1 Å². The summed E-state index contributed by atoms with van der Waals surface area (Å²) >= 11 is 23.5. The lowest BCUT2D eigenvalue weighted by Crippen LogP contribution is -2.40. The van der Waals surface area contributed by atoms with Gasteiger partial charge in [0.15, 0.2) is 0 Å². The zero-order chi connectivity index (χ0) is 21.9. The number of benzene rings is 1. The lowest BCUT2D eigenvalue weighted by molar-refractivity contribution is -0.185. The Balaban J connectivity index is 2.22. The van der Waals surface area contributed by atoms with Crippen LogP contribution in [0.4, 0.5) is 18.9 Å². The van der Waals surface area contributed by atoms with E-state index in [-0.39, 0.29) is 44.7 Å². The number of nitrogens with one attached hydrogen (secondary N) is 1. The van der Waals surface area contributed by atoms with Gasteiger partial charge in [-0.1, -0.05) is 58.5 Å². The quantitative estimate of drug-likeness (QED) is 0.536. The highest BCUT2D eigenvalue weighted by molar-refractivity contribution is 6.52. The molecule has 0 aliphatic rings. The topological polar surface area (TPSA) is 62.3 Å². The van der Waals surface area contributed by atoms with Crippen molar-refractivity contribution in [1.82, 2.24) is 9.88 Å². The van der Waals surface area contributed by atoms with Crippen molar-refractivity contribution in [3.63, 3.8) is 0 Å². The van der Waals surface area contributed by atoms with Crippen LogP contribution in [0.25, 0.3) is 0 Å². The number of pyridine rings is 1. The molecule has 2 amide bonds. The van der Waals surface area contributed by atoms with Crippen LogP contribution in [-0.4, -0.2) is 34.4 Å². The zero-order valence-corrected chi connectivity index (χ0v) is 17.6. The molecule has 2 rings (SSSR count). The average Bonchev–Trinajstić information content (AvgIpc) is 2.66. The maximum atomic E-state index is 12.7. The summed E-state index contributed by atoms with van der Waals surface area (Å²) in [5.74, 6) is -2.71. The van der Waals surface area contributed by atoms with Gasteiger partial charge < -0.3 is 10.2 Å². The predicted octanol–water partition coefficient (Wildman–Crippen LogP) is 5.86. The number of halogens is 7. The van der Waals surface area contributed by atoms with Crippen molar-refractivity contribution in [1.29, 1.82) is 0 Å². The summed E-state index contributed by atoms with van der Waals surface area (Å²) in [6, 6.07) is 5.94. The maximum Gasteiger partial charge on any atom is 0.471 e. The molecule has 29 heavy (non-hydrogen) atoms. The van der Waals surface area contributed by atoms with Crippen molar-refractivity contribution >= 4 is 63.9 Å². The Labute approximate surface area is 183 Å². The first-order chi connectivity index (χ1) is 13.5. The molecule has 0 radical (unpaired) electrons. The van der Waals surface area contributed by atoms with E-state index in [9.17, 15) is 22.8 Å². The van der Waals surface area contributed by atoms with Gasteiger partial charge in [-0.3, -0.25) is 9.59 Å². The van der Waals surface area contributed by atoms with Crippen molar-refractivity contribution in [3.05, 3.63) is 55.7 Å². The van der Waals surface area contributed by atoms with Crippen LogP contribution in [0.3, 0.4) is 0 Å².